The summed E-state index contributed by atoms with van der Waals surface area (Å²) in [6, 6.07) is 0. The van der Waals surface area contributed by atoms with Gasteiger partial charge in [0.25, 0.3) is 0 Å². The maximum atomic E-state index is 12.9. The zero-order chi connectivity index (χ0) is 15.6. The van der Waals surface area contributed by atoms with Crippen LogP contribution in [0.25, 0.3) is 0 Å². The van der Waals surface area contributed by atoms with Crippen LogP contribution in [0.15, 0.2) is 0 Å². The van der Waals surface area contributed by atoms with Crippen molar-refractivity contribution >= 4 is 23.6 Å². The molecule has 5 rings (SSSR count). The van der Waals surface area contributed by atoms with Crippen molar-refractivity contribution in [1.82, 2.24) is 9.80 Å². The summed E-state index contributed by atoms with van der Waals surface area (Å²) in [6.45, 7) is 7.33. The number of hydrogen-bond donors (Lipinski definition) is 0. The van der Waals surface area contributed by atoms with Gasteiger partial charge in [-0.2, -0.15) is 0 Å². The van der Waals surface area contributed by atoms with Gasteiger partial charge in [0.05, 0.1) is 21.7 Å². The number of hydrogen-bond acceptors (Lipinski definition) is 4. The highest BCUT2D eigenvalue weighted by Crippen LogP contribution is 2.84. The van der Waals surface area contributed by atoms with Crippen molar-refractivity contribution in [2.24, 2.45) is 21.7 Å². The van der Waals surface area contributed by atoms with E-state index < -0.39 is 21.7 Å². The third kappa shape index (κ3) is 0.752. The Kier molecular flexibility index (Phi) is 1.80. The van der Waals surface area contributed by atoms with Gasteiger partial charge in [-0.1, -0.05) is 0 Å². The van der Waals surface area contributed by atoms with Crippen molar-refractivity contribution in [1.29, 1.82) is 0 Å². The smallest absolute Gasteiger partial charge is 0.237 e. The third-order valence-electron chi connectivity index (χ3n) is 7.45. The molecule has 1 aliphatic carbocycles. The molecule has 112 valence electrons. The fourth-order valence-electron chi connectivity index (χ4n) is 5.71. The molecule has 4 saturated heterocycles. The number of nitrogens with zero attached hydrogens (tertiary/aromatic N) is 2. The first kappa shape index (κ1) is 13.0. The summed E-state index contributed by atoms with van der Waals surface area (Å²) in [5.74, 6) is -1.17. The maximum Gasteiger partial charge on any atom is 0.237 e. The number of fused-ring (bicyclic) bond motifs is 2. The largest absolute Gasteiger partial charge is 0.281 e. The van der Waals surface area contributed by atoms with E-state index in [4.69, 9.17) is 0 Å². The Morgan fingerprint density at radius 3 is 1.10 bits per heavy atom. The van der Waals surface area contributed by atoms with Crippen molar-refractivity contribution in [2.75, 3.05) is 13.1 Å². The van der Waals surface area contributed by atoms with Gasteiger partial charge in [-0.3, -0.25) is 29.0 Å². The van der Waals surface area contributed by atoms with Gasteiger partial charge in [-0.05, 0) is 34.1 Å². The molecule has 5 fully saturated rings. The van der Waals surface area contributed by atoms with E-state index >= 15 is 0 Å². The van der Waals surface area contributed by atoms with Gasteiger partial charge in [0.15, 0.2) is 0 Å². The molecule has 1 saturated carbocycles. The Morgan fingerprint density at radius 2 is 0.857 bits per heavy atom. The minimum absolute atomic E-state index is 0.284. The van der Waals surface area contributed by atoms with E-state index in [0.29, 0.717) is 6.42 Å². The van der Waals surface area contributed by atoms with E-state index in [2.05, 4.69) is 0 Å². The summed E-state index contributed by atoms with van der Waals surface area (Å²) in [7, 11) is 0. The molecular formula is C15H18N2O4. The number of carbonyl (C=O) groups is 4. The monoisotopic (exact) mass is 290 g/mol. The SMILES string of the molecule is CC12C(=O)N3CCCN4C(=O)C1(C)C(C)(C4=O)C2(C)C3=O. The molecule has 0 radical (unpaired) electrons. The van der Waals surface area contributed by atoms with Gasteiger partial charge in [-0.25, -0.2) is 0 Å². The molecule has 0 aromatic rings. The van der Waals surface area contributed by atoms with Gasteiger partial charge in [-0.15, -0.1) is 0 Å². The minimum Gasteiger partial charge on any atom is -0.281 e. The normalized spacial score (nSPS) is 51.2. The first-order chi connectivity index (χ1) is 9.61. The summed E-state index contributed by atoms with van der Waals surface area (Å²) >= 11 is 0. The van der Waals surface area contributed by atoms with Gasteiger partial charge >= 0.3 is 0 Å². The van der Waals surface area contributed by atoms with Crippen LogP contribution in [0.5, 0.6) is 0 Å². The van der Waals surface area contributed by atoms with E-state index in [1.54, 1.807) is 27.7 Å². The third-order valence-corrected chi connectivity index (χ3v) is 7.45. The topological polar surface area (TPSA) is 74.8 Å². The fraction of sp³-hybridized carbons (Fsp3) is 0.733. The quantitative estimate of drug-likeness (QED) is 0.596. The highest BCUT2D eigenvalue weighted by atomic mass is 16.2. The molecule has 0 aromatic heterocycles. The maximum absolute atomic E-state index is 12.9. The van der Waals surface area contributed by atoms with E-state index in [1.165, 1.54) is 9.80 Å². The second kappa shape index (κ2) is 2.91. The summed E-state index contributed by atoms with van der Waals surface area (Å²) in [4.78, 5) is 54.1. The van der Waals surface area contributed by atoms with Crippen LogP contribution in [0.1, 0.15) is 34.1 Å². The molecule has 6 nitrogen and oxygen atoms in total. The second-order valence-electron chi connectivity index (χ2n) is 7.38. The van der Waals surface area contributed by atoms with Crippen LogP contribution in [0.4, 0.5) is 0 Å². The van der Waals surface area contributed by atoms with Crippen molar-refractivity contribution in [2.45, 2.75) is 34.1 Å². The highest BCUT2D eigenvalue weighted by Gasteiger charge is 2.96. The van der Waals surface area contributed by atoms with Crippen molar-refractivity contribution < 1.29 is 19.2 Å². The van der Waals surface area contributed by atoms with Gasteiger partial charge < -0.3 is 0 Å². The molecule has 0 spiro atoms. The molecule has 4 amide bonds. The molecule has 4 aliphatic heterocycles. The lowest BCUT2D eigenvalue weighted by atomic mass is 9.27. The van der Waals surface area contributed by atoms with E-state index in [-0.39, 0.29) is 36.7 Å². The van der Waals surface area contributed by atoms with E-state index in [1.807, 2.05) is 0 Å². The molecule has 0 N–H and O–H groups in total. The van der Waals surface area contributed by atoms with E-state index in [0.717, 1.165) is 0 Å². The van der Waals surface area contributed by atoms with Crippen LogP contribution >= 0.6 is 0 Å². The van der Waals surface area contributed by atoms with Gasteiger partial charge in [0, 0.05) is 13.1 Å². The first-order valence-electron chi connectivity index (χ1n) is 7.34. The lowest BCUT2D eigenvalue weighted by molar-refractivity contribution is -0.243. The Bertz CT molecular complexity index is 549. The summed E-state index contributed by atoms with van der Waals surface area (Å²) in [5, 5.41) is 0. The Labute approximate surface area is 122 Å². The second-order valence-corrected chi connectivity index (χ2v) is 7.38. The molecule has 4 heterocycles. The first-order valence-corrected chi connectivity index (χ1v) is 7.34. The van der Waals surface area contributed by atoms with Crippen molar-refractivity contribution in [3.8, 4) is 0 Å². The zero-order valence-corrected chi connectivity index (χ0v) is 12.6. The van der Waals surface area contributed by atoms with Crippen molar-refractivity contribution in [3.63, 3.8) is 0 Å². The average Bonchev–Trinajstić information content (AvgIpc) is 2.70. The summed E-state index contributed by atoms with van der Waals surface area (Å²) in [5.41, 5.74) is -4.51. The van der Waals surface area contributed by atoms with Crippen molar-refractivity contribution in [3.05, 3.63) is 0 Å². The van der Waals surface area contributed by atoms with Crippen LogP contribution in [-0.4, -0.2) is 46.5 Å². The lowest BCUT2D eigenvalue weighted by Crippen LogP contribution is -2.77. The van der Waals surface area contributed by atoms with E-state index in [9.17, 15) is 19.2 Å². The summed E-state index contributed by atoms with van der Waals surface area (Å²) < 4.78 is 0. The molecule has 0 aromatic carbocycles. The van der Waals surface area contributed by atoms with Crippen LogP contribution in [0, 0.1) is 21.7 Å². The number of imide groups is 2. The zero-order valence-electron chi connectivity index (χ0n) is 12.6. The van der Waals surface area contributed by atoms with Crippen LogP contribution in [0.3, 0.4) is 0 Å². The van der Waals surface area contributed by atoms with Gasteiger partial charge in [0.1, 0.15) is 0 Å². The number of amides is 4. The molecule has 6 heteroatoms. The predicted octanol–water partition coefficient (Wildman–Crippen LogP) is 0.167. The lowest BCUT2D eigenvalue weighted by Gasteiger charge is -2.67. The Balaban J connectivity index is 2.13. The Morgan fingerprint density at radius 1 is 0.619 bits per heavy atom. The number of carbonyl (C=O) groups excluding carboxylic acids is 4. The molecule has 6 bridgehead atoms. The standard InChI is InChI=1S/C15H18N2O4/c1-12-8(18)16-6-5-7-17-10(20)14(12,3)15(4,11(17)21)13(12,2)9(16)19/h5-7H2,1-4H3. The predicted molar refractivity (Wildman–Crippen MR) is 70.5 cm³/mol. The van der Waals surface area contributed by atoms with Crippen LogP contribution < -0.4 is 0 Å². The van der Waals surface area contributed by atoms with Crippen LogP contribution in [-0.2, 0) is 19.2 Å². The molecule has 0 atom stereocenters. The highest BCUT2D eigenvalue weighted by molar-refractivity contribution is 6.24. The molecule has 5 aliphatic rings. The van der Waals surface area contributed by atoms with Crippen LogP contribution in [0.2, 0.25) is 0 Å². The molecular weight excluding hydrogens is 272 g/mol. The summed E-state index contributed by atoms with van der Waals surface area (Å²) in [6.07, 6.45) is 0.452. The average molecular weight is 290 g/mol. The van der Waals surface area contributed by atoms with Gasteiger partial charge in [0.2, 0.25) is 23.6 Å². The molecule has 21 heavy (non-hydrogen) atoms. The number of rotatable bonds is 0. The molecule has 0 unspecified atom stereocenters. The minimum atomic E-state index is -1.13. The fourth-order valence-corrected chi connectivity index (χ4v) is 5.71. The Hall–Kier alpha value is -1.72.